The molecule has 2 rings (SSSR count). The van der Waals surface area contributed by atoms with E-state index in [4.69, 9.17) is 5.73 Å². The molecule has 98 valence electrons. The van der Waals surface area contributed by atoms with Crippen molar-refractivity contribution in [1.82, 2.24) is 5.32 Å². The molecule has 1 unspecified atom stereocenters. The van der Waals surface area contributed by atoms with Crippen molar-refractivity contribution >= 4 is 11.6 Å². The number of carbonyl (C=O) groups excluding carboxylic acids is 1. The van der Waals surface area contributed by atoms with Crippen molar-refractivity contribution in [3.05, 3.63) is 59.7 Å². The molecule has 0 fully saturated rings. The van der Waals surface area contributed by atoms with Gasteiger partial charge in [-0.15, -0.1) is 0 Å². The van der Waals surface area contributed by atoms with Crippen LogP contribution < -0.4 is 11.1 Å². The Balaban J connectivity index is 2.15. The highest BCUT2D eigenvalue weighted by molar-refractivity contribution is 5.99. The van der Waals surface area contributed by atoms with Gasteiger partial charge in [0.15, 0.2) is 0 Å². The number of nitrogen functional groups attached to an aromatic ring is 1. The Hall–Kier alpha value is -2.49. The highest BCUT2D eigenvalue weighted by atomic mass is 16.3. The lowest BCUT2D eigenvalue weighted by molar-refractivity contribution is 0.0940. The average molecular weight is 256 g/mol. The number of aromatic hydroxyl groups is 1. The minimum absolute atomic E-state index is 0.0201. The largest absolute Gasteiger partial charge is 0.508 e. The molecule has 4 nitrogen and oxygen atoms in total. The quantitative estimate of drug-likeness (QED) is 0.583. The number of amides is 1. The van der Waals surface area contributed by atoms with Crippen LogP contribution in [0.25, 0.3) is 0 Å². The average Bonchev–Trinajstić information content (AvgIpc) is 2.42. The summed E-state index contributed by atoms with van der Waals surface area (Å²) in [5.74, 6) is -0.281. The zero-order valence-electron chi connectivity index (χ0n) is 10.6. The summed E-state index contributed by atoms with van der Waals surface area (Å²) in [6.45, 7) is 1.90. The molecule has 0 aliphatic rings. The molecule has 0 aliphatic carbocycles. The number of benzene rings is 2. The van der Waals surface area contributed by atoms with E-state index in [0.29, 0.717) is 5.69 Å². The van der Waals surface area contributed by atoms with E-state index in [1.54, 1.807) is 0 Å². The van der Waals surface area contributed by atoms with Gasteiger partial charge < -0.3 is 16.2 Å². The van der Waals surface area contributed by atoms with Gasteiger partial charge in [-0.05, 0) is 30.7 Å². The number of rotatable bonds is 3. The second kappa shape index (κ2) is 5.44. The van der Waals surface area contributed by atoms with E-state index < -0.39 is 0 Å². The lowest BCUT2D eigenvalue weighted by atomic mass is 10.1. The number of phenolic OH excluding ortho intramolecular Hbond substituents is 1. The second-order valence-corrected chi connectivity index (χ2v) is 4.38. The predicted molar refractivity (Wildman–Crippen MR) is 74.8 cm³/mol. The summed E-state index contributed by atoms with van der Waals surface area (Å²) in [4.78, 5) is 12.1. The maximum Gasteiger partial charge on any atom is 0.253 e. The van der Waals surface area contributed by atoms with Crippen molar-refractivity contribution in [2.24, 2.45) is 0 Å². The summed E-state index contributed by atoms with van der Waals surface area (Å²) < 4.78 is 0. The first kappa shape index (κ1) is 13.0. The molecule has 0 aromatic heterocycles. The minimum atomic E-state index is -0.301. The van der Waals surface area contributed by atoms with Gasteiger partial charge in [-0.25, -0.2) is 0 Å². The zero-order chi connectivity index (χ0) is 13.8. The van der Waals surface area contributed by atoms with Crippen LogP contribution in [0, 0.1) is 0 Å². The van der Waals surface area contributed by atoms with E-state index in [9.17, 15) is 9.90 Å². The van der Waals surface area contributed by atoms with E-state index in [-0.39, 0.29) is 23.3 Å². The number of hydrogen-bond acceptors (Lipinski definition) is 3. The van der Waals surface area contributed by atoms with E-state index in [1.165, 1.54) is 18.2 Å². The predicted octanol–water partition coefficient (Wildman–Crippen LogP) is 2.47. The molecule has 0 aliphatic heterocycles. The maximum absolute atomic E-state index is 12.1. The third kappa shape index (κ3) is 3.04. The molecular weight excluding hydrogens is 240 g/mol. The monoisotopic (exact) mass is 256 g/mol. The van der Waals surface area contributed by atoms with Gasteiger partial charge in [0.1, 0.15) is 5.75 Å². The summed E-state index contributed by atoms with van der Waals surface area (Å²) >= 11 is 0. The summed E-state index contributed by atoms with van der Waals surface area (Å²) in [6.07, 6.45) is 0. The van der Waals surface area contributed by atoms with Crippen LogP contribution in [0.5, 0.6) is 5.75 Å². The fraction of sp³-hybridized carbons (Fsp3) is 0.133. The molecule has 4 heteroatoms. The van der Waals surface area contributed by atoms with Crippen LogP contribution in [0.15, 0.2) is 48.5 Å². The molecule has 0 saturated heterocycles. The Morgan fingerprint density at radius 3 is 2.58 bits per heavy atom. The first-order chi connectivity index (χ1) is 9.08. The first-order valence-corrected chi connectivity index (χ1v) is 6.02. The van der Waals surface area contributed by atoms with Gasteiger partial charge in [-0.2, -0.15) is 0 Å². The molecule has 0 radical (unpaired) electrons. The third-order valence-corrected chi connectivity index (χ3v) is 2.93. The van der Waals surface area contributed by atoms with Crippen LogP contribution in [-0.2, 0) is 0 Å². The summed E-state index contributed by atoms with van der Waals surface area (Å²) in [6, 6.07) is 13.8. The van der Waals surface area contributed by atoms with E-state index in [2.05, 4.69) is 5.32 Å². The van der Waals surface area contributed by atoms with Gasteiger partial charge in [-0.1, -0.05) is 30.3 Å². The maximum atomic E-state index is 12.1. The molecular formula is C15H16N2O2. The van der Waals surface area contributed by atoms with Crippen molar-refractivity contribution in [2.75, 3.05) is 5.73 Å². The van der Waals surface area contributed by atoms with Crippen molar-refractivity contribution in [1.29, 1.82) is 0 Å². The Morgan fingerprint density at radius 1 is 1.21 bits per heavy atom. The van der Waals surface area contributed by atoms with E-state index in [0.717, 1.165) is 5.56 Å². The lowest BCUT2D eigenvalue weighted by Gasteiger charge is -2.15. The second-order valence-electron chi connectivity index (χ2n) is 4.38. The SMILES string of the molecule is CC(NC(=O)c1cc(O)ccc1N)c1ccccc1. The topological polar surface area (TPSA) is 75.3 Å². The van der Waals surface area contributed by atoms with E-state index >= 15 is 0 Å². The number of hydrogen-bond donors (Lipinski definition) is 3. The molecule has 1 amide bonds. The molecule has 0 heterocycles. The van der Waals surface area contributed by atoms with Crippen LogP contribution >= 0.6 is 0 Å². The van der Waals surface area contributed by atoms with Crippen molar-refractivity contribution in [3.63, 3.8) is 0 Å². The Morgan fingerprint density at radius 2 is 1.89 bits per heavy atom. The zero-order valence-corrected chi connectivity index (χ0v) is 10.6. The molecule has 4 N–H and O–H groups in total. The summed E-state index contributed by atoms with van der Waals surface area (Å²) in [7, 11) is 0. The van der Waals surface area contributed by atoms with E-state index in [1.807, 2.05) is 37.3 Å². The smallest absolute Gasteiger partial charge is 0.253 e. The number of nitrogens with two attached hydrogens (primary N) is 1. The summed E-state index contributed by atoms with van der Waals surface area (Å²) in [5, 5.41) is 12.3. The molecule has 1 atom stereocenters. The highest BCUT2D eigenvalue weighted by Gasteiger charge is 2.14. The Labute approximate surface area is 111 Å². The number of phenols is 1. The minimum Gasteiger partial charge on any atom is -0.508 e. The van der Waals surface area contributed by atoms with Crippen LogP contribution in [0.2, 0.25) is 0 Å². The van der Waals surface area contributed by atoms with Crippen molar-refractivity contribution in [3.8, 4) is 5.75 Å². The standard InChI is InChI=1S/C15H16N2O2/c1-10(11-5-3-2-4-6-11)17-15(19)13-9-12(18)7-8-14(13)16/h2-10,18H,16H2,1H3,(H,17,19). The van der Waals surface area contributed by atoms with Gasteiger partial charge in [0, 0.05) is 5.69 Å². The molecule has 0 bridgehead atoms. The van der Waals surface area contributed by atoms with Crippen LogP contribution in [0.3, 0.4) is 0 Å². The number of nitrogens with one attached hydrogen (secondary N) is 1. The molecule has 0 spiro atoms. The van der Waals surface area contributed by atoms with Crippen LogP contribution in [0.4, 0.5) is 5.69 Å². The van der Waals surface area contributed by atoms with Gasteiger partial charge in [-0.3, -0.25) is 4.79 Å². The first-order valence-electron chi connectivity index (χ1n) is 6.02. The fourth-order valence-corrected chi connectivity index (χ4v) is 1.84. The van der Waals surface area contributed by atoms with Crippen LogP contribution in [-0.4, -0.2) is 11.0 Å². The molecule has 19 heavy (non-hydrogen) atoms. The molecule has 2 aromatic rings. The van der Waals surface area contributed by atoms with Crippen LogP contribution in [0.1, 0.15) is 28.9 Å². The van der Waals surface area contributed by atoms with Gasteiger partial charge in [0.05, 0.1) is 11.6 Å². The number of anilines is 1. The van der Waals surface area contributed by atoms with Gasteiger partial charge >= 0.3 is 0 Å². The Bertz CT molecular complexity index is 582. The third-order valence-electron chi connectivity index (χ3n) is 2.93. The van der Waals surface area contributed by atoms with Crippen molar-refractivity contribution in [2.45, 2.75) is 13.0 Å². The van der Waals surface area contributed by atoms with Gasteiger partial charge in [0.2, 0.25) is 0 Å². The highest BCUT2D eigenvalue weighted by Crippen LogP contribution is 2.20. The molecule has 2 aromatic carbocycles. The Kier molecular flexibility index (Phi) is 3.71. The summed E-state index contributed by atoms with van der Waals surface area (Å²) in [5.41, 5.74) is 7.37. The van der Waals surface area contributed by atoms with Gasteiger partial charge in [0.25, 0.3) is 5.91 Å². The molecule has 0 saturated carbocycles. The number of carbonyl (C=O) groups is 1. The fourth-order valence-electron chi connectivity index (χ4n) is 1.84. The van der Waals surface area contributed by atoms with Crippen molar-refractivity contribution < 1.29 is 9.90 Å². The normalized spacial score (nSPS) is 11.8. The lowest BCUT2D eigenvalue weighted by Crippen LogP contribution is -2.27.